The molecule has 38 heavy (non-hydrogen) atoms. The van der Waals surface area contributed by atoms with E-state index in [1.165, 1.54) is 0 Å². The van der Waals surface area contributed by atoms with Gasteiger partial charge in [-0.05, 0) is 6.42 Å². The minimum Gasteiger partial charge on any atom is -0.207 e. The molecule has 0 N–H and O–H groups in total. The lowest BCUT2D eigenvalue weighted by atomic mass is 9.96. The Bertz CT molecular complexity index is 888. The van der Waals surface area contributed by atoms with Crippen LogP contribution >= 0.6 is 0 Å². The van der Waals surface area contributed by atoms with Crippen LogP contribution in [0.15, 0.2) is 19.0 Å². The van der Waals surface area contributed by atoms with Crippen molar-refractivity contribution >= 4 is 6.20 Å². The van der Waals surface area contributed by atoms with Crippen LogP contribution < -0.4 is 4.57 Å². The molecule has 0 aliphatic carbocycles. The van der Waals surface area contributed by atoms with Crippen molar-refractivity contribution in [2.75, 3.05) is 0 Å². The summed E-state index contributed by atoms with van der Waals surface area (Å²) in [5.74, 6) is -31.7. The van der Waals surface area contributed by atoms with Crippen molar-refractivity contribution in [2.45, 2.75) is 113 Å². The number of rotatable bonds is 17. The maximum atomic E-state index is 14.7. The Balaban J connectivity index is 3.11. The van der Waals surface area contributed by atoms with Crippen LogP contribution in [-0.4, -0.2) is 34.4 Å². The van der Waals surface area contributed by atoms with E-state index in [4.69, 9.17) is 0 Å². The Hall–Kier alpha value is -1.96. The summed E-state index contributed by atoms with van der Waals surface area (Å²) in [6, 6.07) is -6.34. The predicted octanol–water partition coefficient (Wildman–Crippen LogP) is 8.99. The quantitative estimate of drug-likeness (QED) is 0.0987. The predicted molar refractivity (Wildman–Crippen MR) is 113 cm³/mol. The number of halogens is 13. The van der Waals surface area contributed by atoms with Gasteiger partial charge >= 0.3 is 35.9 Å². The standard InChI is InChI=1S/C23H30F13N2/c1-3-5-6-7-8-9-10-11-12-13-14-17-37(4-2)15-16-38(17)23(35,36)21(30,31)19(26,27)18(24,25)20(28,29)22(32,33)34/h4,15-16H,2-3,5-14H2,1H3/q+1. The van der Waals surface area contributed by atoms with Gasteiger partial charge in [0.25, 0.3) is 5.82 Å². The molecular formula is C23H30F13N2+. The molecule has 1 aromatic heterocycles. The smallest absolute Gasteiger partial charge is 0.207 e. The second-order valence-corrected chi connectivity index (χ2v) is 8.94. The largest absolute Gasteiger partial charge is 0.469 e. The summed E-state index contributed by atoms with van der Waals surface area (Å²) in [6.07, 6.45) is 1.68. The monoisotopic (exact) mass is 581 g/mol. The maximum Gasteiger partial charge on any atom is 0.469 e. The molecule has 15 heteroatoms. The number of nitrogens with zero attached hydrogens (tertiary/aromatic N) is 2. The van der Waals surface area contributed by atoms with Crippen LogP contribution in [-0.2, 0) is 12.5 Å². The van der Waals surface area contributed by atoms with Crippen LogP contribution in [0.2, 0.25) is 0 Å². The van der Waals surface area contributed by atoms with Gasteiger partial charge < -0.3 is 0 Å². The van der Waals surface area contributed by atoms with E-state index in [2.05, 4.69) is 13.5 Å². The number of imidazole rings is 1. The van der Waals surface area contributed by atoms with Gasteiger partial charge in [-0.2, -0.15) is 61.6 Å². The first kappa shape index (κ1) is 34.1. The van der Waals surface area contributed by atoms with Crippen molar-refractivity contribution in [3.05, 3.63) is 24.8 Å². The average Bonchev–Trinajstić information content (AvgIpc) is 3.22. The van der Waals surface area contributed by atoms with Crippen LogP contribution in [0.3, 0.4) is 0 Å². The van der Waals surface area contributed by atoms with Gasteiger partial charge in [-0.25, -0.2) is 4.57 Å². The van der Waals surface area contributed by atoms with E-state index in [9.17, 15) is 57.1 Å². The summed E-state index contributed by atoms with van der Waals surface area (Å²) in [5, 5.41) is 0. The highest BCUT2D eigenvalue weighted by Gasteiger charge is 2.92. The van der Waals surface area contributed by atoms with Crippen molar-refractivity contribution in [1.29, 1.82) is 0 Å². The molecule has 0 amide bonds. The summed E-state index contributed by atoms with van der Waals surface area (Å²) < 4.78 is 176. The first-order chi connectivity index (χ1) is 17.3. The molecule has 0 saturated heterocycles. The summed E-state index contributed by atoms with van der Waals surface area (Å²) in [7, 11) is 0. The molecule has 0 unspecified atom stereocenters. The minimum atomic E-state index is -7.93. The molecule has 0 bridgehead atoms. The molecule has 222 valence electrons. The van der Waals surface area contributed by atoms with Gasteiger partial charge in [0.1, 0.15) is 12.4 Å². The van der Waals surface area contributed by atoms with E-state index in [1.807, 2.05) is 0 Å². The molecule has 0 aliphatic rings. The fourth-order valence-corrected chi connectivity index (χ4v) is 3.79. The maximum absolute atomic E-state index is 14.7. The van der Waals surface area contributed by atoms with Crippen LogP contribution in [0.5, 0.6) is 0 Å². The first-order valence-corrected chi connectivity index (χ1v) is 12.0. The van der Waals surface area contributed by atoms with Crippen LogP contribution in [0.4, 0.5) is 57.1 Å². The van der Waals surface area contributed by atoms with E-state index in [1.54, 1.807) is 0 Å². The fourth-order valence-electron chi connectivity index (χ4n) is 3.79. The van der Waals surface area contributed by atoms with Gasteiger partial charge in [-0.3, -0.25) is 0 Å². The van der Waals surface area contributed by atoms with Crippen LogP contribution in [0, 0.1) is 0 Å². The van der Waals surface area contributed by atoms with Crippen molar-refractivity contribution in [3.8, 4) is 0 Å². The Labute approximate surface area is 211 Å². The topological polar surface area (TPSA) is 8.81 Å². The summed E-state index contributed by atoms with van der Waals surface area (Å²) >= 11 is 0. The van der Waals surface area contributed by atoms with Gasteiger partial charge in [-0.15, -0.1) is 0 Å². The molecule has 0 aliphatic heterocycles. The van der Waals surface area contributed by atoms with Crippen LogP contribution in [0.1, 0.15) is 77.0 Å². The molecule has 0 atom stereocenters. The number of hydrogen-bond acceptors (Lipinski definition) is 0. The zero-order valence-corrected chi connectivity index (χ0v) is 20.5. The molecule has 2 nitrogen and oxygen atoms in total. The van der Waals surface area contributed by atoms with E-state index >= 15 is 0 Å². The average molecular weight is 581 g/mol. The SMILES string of the molecule is C=Cn1cc[n+](C(F)(F)C(F)(F)C(F)(F)C(F)(F)C(F)(F)C(F)(F)F)c1CCCCCCCCCCCC. The first-order valence-electron chi connectivity index (χ1n) is 12.0. The van der Waals surface area contributed by atoms with Crippen molar-refractivity contribution in [1.82, 2.24) is 4.57 Å². The van der Waals surface area contributed by atoms with Crippen LogP contribution in [0.25, 0.3) is 6.20 Å². The second kappa shape index (κ2) is 12.5. The van der Waals surface area contributed by atoms with E-state index in [-0.39, 0.29) is 12.6 Å². The molecule has 0 spiro atoms. The summed E-state index contributed by atoms with van der Waals surface area (Å²) in [6.45, 7) is 5.29. The molecule has 1 heterocycles. The highest BCUT2D eigenvalue weighted by molar-refractivity contribution is 5.18. The number of aromatic nitrogens is 2. The third kappa shape index (κ3) is 6.43. The lowest BCUT2D eigenvalue weighted by molar-refractivity contribution is -0.853. The second-order valence-electron chi connectivity index (χ2n) is 8.94. The fraction of sp³-hybridized carbons (Fsp3) is 0.783. The zero-order chi connectivity index (χ0) is 29.6. The highest BCUT2D eigenvalue weighted by atomic mass is 19.4. The van der Waals surface area contributed by atoms with Crippen molar-refractivity contribution < 1.29 is 61.6 Å². The van der Waals surface area contributed by atoms with Gasteiger partial charge in [-0.1, -0.05) is 71.3 Å². The Morgan fingerprint density at radius 1 is 0.658 bits per heavy atom. The van der Waals surface area contributed by atoms with E-state index in [0.29, 0.717) is 23.6 Å². The van der Waals surface area contributed by atoms with Gasteiger partial charge in [0.05, 0.1) is 6.20 Å². The summed E-state index contributed by atoms with van der Waals surface area (Å²) in [5.41, 5.74) is 0. The Kier molecular flexibility index (Phi) is 11.2. The number of unbranched alkanes of at least 4 members (excludes halogenated alkanes) is 9. The van der Waals surface area contributed by atoms with Gasteiger partial charge in [0, 0.05) is 6.42 Å². The van der Waals surface area contributed by atoms with Gasteiger partial charge in [0.2, 0.25) is 0 Å². The zero-order valence-electron chi connectivity index (χ0n) is 20.5. The third-order valence-electron chi connectivity index (χ3n) is 6.12. The van der Waals surface area contributed by atoms with E-state index in [0.717, 1.165) is 51.1 Å². The van der Waals surface area contributed by atoms with E-state index < -0.39 is 52.7 Å². The lowest BCUT2D eigenvalue weighted by Crippen LogP contribution is -2.74. The van der Waals surface area contributed by atoms with Crippen molar-refractivity contribution in [3.63, 3.8) is 0 Å². The number of hydrogen-bond donors (Lipinski definition) is 0. The lowest BCUT2D eigenvalue weighted by Gasteiger charge is -2.38. The summed E-state index contributed by atoms with van der Waals surface area (Å²) in [4.78, 5) is 0. The highest BCUT2D eigenvalue weighted by Crippen LogP contribution is 2.60. The third-order valence-corrected chi connectivity index (χ3v) is 6.12. The minimum absolute atomic E-state index is 0.0635. The Morgan fingerprint density at radius 3 is 1.50 bits per heavy atom. The molecule has 0 fully saturated rings. The molecular weight excluding hydrogens is 551 g/mol. The normalized spacial score (nSPS) is 14.3. The molecule has 0 aromatic carbocycles. The molecule has 1 rings (SSSR count). The molecule has 1 aromatic rings. The number of alkyl halides is 13. The Morgan fingerprint density at radius 2 is 1.08 bits per heavy atom. The molecule has 0 radical (unpaired) electrons. The van der Waals surface area contributed by atoms with Crippen molar-refractivity contribution in [2.24, 2.45) is 0 Å². The van der Waals surface area contributed by atoms with Gasteiger partial charge in [0.15, 0.2) is 0 Å². The molecule has 0 saturated carbocycles.